The first kappa shape index (κ1) is 20.3. The lowest BCUT2D eigenvalue weighted by molar-refractivity contribution is -0.269. The van der Waals surface area contributed by atoms with Gasteiger partial charge in [0.1, 0.15) is 5.75 Å². The van der Waals surface area contributed by atoms with E-state index in [2.05, 4.69) is 20.7 Å². The first-order valence-electron chi connectivity index (χ1n) is 9.57. The van der Waals surface area contributed by atoms with Crippen molar-refractivity contribution in [1.29, 1.82) is 0 Å². The second kappa shape index (κ2) is 7.07. The number of carbonyl (C=O) groups is 3. The molecule has 0 spiro atoms. The van der Waals surface area contributed by atoms with Crippen LogP contribution in [0.1, 0.15) is 37.9 Å². The van der Waals surface area contributed by atoms with Crippen molar-refractivity contribution in [2.24, 2.45) is 23.7 Å². The lowest BCUT2D eigenvalue weighted by atomic mass is 9.64. The van der Waals surface area contributed by atoms with Gasteiger partial charge in [0.25, 0.3) is 0 Å². The largest absolute Gasteiger partial charge is 0.508 e. The predicted molar refractivity (Wildman–Crippen MR) is 102 cm³/mol. The van der Waals surface area contributed by atoms with Crippen LogP contribution >= 0.6 is 15.9 Å². The standard InChI is InChI=1S/C20H22BrNO7/c1-3-9-6-12-16(18(25)22(17(12)24)19(26)28-2)13-8-15(29-20(9,13)27)11-7-10(21)4-5-14(11)23/h4-5,7,9,12-13,15-16,23,27H,3,6,8H2,1-2H3/t9-,12-,13-,15-,16-,20+/m0/s1. The Balaban J connectivity index is 1.74. The van der Waals surface area contributed by atoms with Crippen molar-refractivity contribution in [3.8, 4) is 5.75 Å². The Morgan fingerprint density at radius 2 is 2.07 bits per heavy atom. The van der Waals surface area contributed by atoms with E-state index in [1.165, 1.54) is 6.07 Å². The SMILES string of the molecule is CC[C@H]1C[C@@H]2C(=O)N(C(=O)OC)C(=O)[C@@H]2[C@@H]2C[C@@H](c3cc(Br)ccc3O)O[C@]12O. The molecule has 2 heterocycles. The van der Waals surface area contributed by atoms with Gasteiger partial charge in [0.05, 0.1) is 25.0 Å². The maximum atomic E-state index is 13.0. The Hall–Kier alpha value is -1.97. The van der Waals surface area contributed by atoms with Crippen molar-refractivity contribution < 1.29 is 34.1 Å². The second-order valence-electron chi connectivity index (χ2n) is 7.86. The van der Waals surface area contributed by atoms with E-state index in [4.69, 9.17) is 4.74 Å². The van der Waals surface area contributed by atoms with E-state index >= 15 is 0 Å². The zero-order valence-corrected chi connectivity index (χ0v) is 17.6. The maximum Gasteiger partial charge on any atom is 0.423 e. The van der Waals surface area contributed by atoms with Crippen LogP contribution in [0.3, 0.4) is 0 Å². The Morgan fingerprint density at radius 3 is 2.72 bits per heavy atom. The third kappa shape index (κ3) is 2.90. The van der Waals surface area contributed by atoms with Crippen LogP contribution in [0.5, 0.6) is 5.75 Å². The third-order valence-electron chi connectivity index (χ3n) is 6.55. The molecule has 0 bridgehead atoms. The summed E-state index contributed by atoms with van der Waals surface area (Å²) < 4.78 is 11.4. The first-order chi connectivity index (χ1) is 13.7. The zero-order chi connectivity index (χ0) is 21.1. The molecule has 2 aliphatic heterocycles. The molecular formula is C20H22BrNO7. The summed E-state index contributed by atoms with van der Waals surface area (Å²) in [6.07, 6.45) is -0.639. The van der Waals surface area contributed by atoms with E-state index in [9.17, 15) is 24.6 Å². The predicted octanol–water partition coefficient (Wildman–Crippen LogP) is 2.72. The number of aromatic hydroxyl groups is 1. The van der Waals surface area contributed by atoms with Gasteiger partial charge < -0.3 is 19.7 Å². The number of ether oxygens (including phenoxy) is 2. The van der Waals surface area contributed by atoms with E-state index in [-0.39, 0.29) is 24.5 Å². The molecule has 29 heavy (non-hydrogen) atoms. The van der Waals surface area contributed by atoms with Crippen LogP contribution in [-0.2, 0) is 19.1 Å². The summed E-state index contributed by atoms with van der Waals surface area (Å²) in [5.41, 5.74) is 0.496. The van der Waals surface area contributed by atoms with Crippen molar-refractivity contribution in [3.63, 3.8) is 0 Å². The van der Waals surface area contributed by atoms with E-state index in [0.29, 0.717) is 16.9 Å². The van der Waals surface area contributed by atoms with Crippen molar-refractivity contribution in [1.82, 2.24) is 4.90 Å². The van der Waals surface area contributed by atoms with Crippen LogP contribution in [0.2, 0.25) is 0 Å². The first-order valence-corrected chi connectivity index (χ1v) is 10.4. The van der Waals surface area contributed by atoms with Gasteiger partial charge in [0.2, 0.25) is 11.8 Å². The van der Waals surface area contributed by atoms with Gasteiger partial charge in [0.15, 0.2) is 5.79 Å². The fourth-order valence-corrected chi connectivity index (χ4v) is 5.57. The van der Waals surface area contributed by atoms with Crippen LogP contribution in [0.25, 0.3) is 0 Å². The summed E-state index contributed by atoms with van der Waals surface area (Å²) in [5, 5.41) is 21.8. The highest BCUT2D eigenvalue weighted by atomic mass is 79.9. The molecule has 4 rings (SSSR count). The van der Waals surface area contributed by atoms with E-state index in [0.717, 1.165) is 11.6 Å². The van der Waals surface area contributed by atoms with Crippen LogP contribution in [0.15, 0.2) is 22.7 Å². The van der Waals surface area contributed by atoms with Crippen LogP contribution in [0.4, 0.5) is 4.79 Å². The van der Waals surface area contributed by atoms with E-state index < -0.39 is 47.6 Å². The van der Waals surface area contributed by atoms with Gasteiger partial charge in [-0.1, -0.05) is 22.9 Å². The molecule has 3 aliphatic rings. The summed E-state index contributed by atoms with van der Waals surface area (Å²) in [7, 11) is 1.11. The minimum absolute atomic E-state index is 0.0232. The highest BCUT2D eigenvalue weighted by Crippen LogP contribution is 2.59. The monoisotopic (exact) mass is 467 g/mol. The minimum Gasteiger partial charge on any atom is -0.508 e. The van der Waals surface area contributed by atoms with Crippen molar-refractivity contribution in [2.45, 2.75) is 38.1 Å². The number of rotatable bonds is 2. The average Bonchev–Trinajstić information content (AvgIpc) is 3.16. The Morgan fingerprint density at radius 1 is 1.34 bits per heavy atom. The molecular weight excluding hydrogens is 446 g/mol. The number of aliphatic hydroxyl groups is 1. The molecule has 3 fully saturated rings. The highest BCUT2D eigenvalue weighted by molar-refractivity contribution is 9.10. The molecule has 3 amide bonds. The molecule has 1 saturated carbocycles. The third-order valence-corrected chi connectivity index (χ3v) is 7.04. The summed E-state index contributed by atoms with van der Waals surface area (Å²) in [6, 6.07) is 4.92. The number of hydrogen-bond acceptors (Lipinski definition) is 7. The summed E-state index contributed by atoms with van der Waals surface area (Å²) in [4.78, 5) is 38.3. The summed E-state index contributed by atoms with van der Waals surface area (Å²) in [6.45, 7) is 1.88. The number of phenolic OH excluding ortho intramolecular Hbond substituents is 1. The summed E-state index contributed by atoms with van der Waals surface area (Å²) in [5.74, 6) is -5.48. The number of likely N-dealkylation sites (tertiary alicyclic amines) is 1. The van der Waals surface area contributed by atoms with Gasteiger partial charge in [-0.3, -0.25) is 9.59 Å². The molecule has 1 aromatic carbocycles. The van der Waals surface area contributed by atoms with Gasteiger partial charge >= 0.3 is 6.09 Å². The van der Waals surface area contributed by atoms with Crippen molar-refractivity contribution in [2.75, 3.05) is 7.11 Å². The number of methoxy groups -OCH3 is 1. The number of carbonyl (C=O) groups excluding carboxylic acids is 3. The zero-order valence-electron chi connectivity index (χ0n) is 16.0. The molecule has 2 saturated heterocycles. The molecule has 0 radical (unpaired) electrons. The number of fused-ring (bicyclic) bond motifs is 3. The molecule has 1 aliphatic carbocycles. The van der Waals surface area contributed by atoms with Gasteiger partial charge in [-0.05, 0) is 37.5 Å². The minimum atomic E-state index is -1.63. The number of nitrogens with zero attached hydrogens (tertiary/aromatic N) is 1. The van der Waals surface area contributed by atoms with Gasteiger partial charge in [0, 0.05) is 21.9 Å². The number of phenols is 1. The maximum absolute atomic E-state index is 13.0. The normalized spacial score (nSPS) is 36.1. The molecule has 1 aromatic rings. The fraction of sp³-hybridized carbons (Fsp3) is 0.550. The number of hydrogen-bond donors (Lipinski definition) is 2. The smallest absolute Gasteiger partial charge is 0.423 e. The lowest BCUT2D eigenvalue weighted by Crippen LogP contribution is -2.53. The fourth-order valence-electron chi connectivity index (χ4n) is 5.19. The number of halogens is 1. The summed E-state index contributed by atoms with van der Waals surface area (Å²) >= 11 is 3.37. The molecule has 2 N–H and O–H groups in total. The Kier molecular flexibility index (Phi) is 4.95. The molecule has 6 atom stereocenters. The van der Waals surface area contributed by atoms with Crippen molar-refractivity contribution in [3.05, 3.63) is 28.2 Å². The molecule has 0 unspecified atom stereocenters. The lowest BCUT2D eigenvalue weighted by Gasteiger charge is -2.44. The van der Waals surface area contributed by atoms with Crippen LogP contribution in [-0.4, -0.2) is 45.9 Å². The van der Waals surface area contributed by atoms with Gasteiger partial charge in [-0.25, -0.2) is 4.79 Å². The number of amides is 3. The quantitative estimate of drug-likeness (QED) is 0.642. The number of benzene rings is 1. The number of imide groups is 3. The molecule has 9 heteroatoms. The Bertz CT molecular complexity index is 890. The highest BCUT2D eigenvalue weighted by Gasteiger charge is 2.67. The molecule has 156 valence electrons. The van der Waals surface area contributed by atoms with Crippen molar-refractivity contribution >= 4 is 33.8 Å². The second-order valence-corrected chi connectivity index (χ2v) is 8.77. The van der Waals surface area contributed by atoms with Gasteiger partial charge in [-0.15, -0.1) is 0 Å². The van der Waals surface area contributed by atoms with Crippen LogP contribution < -0.4 is 0 Å². The molecule has 0 aromatic heterocycles. The van der Waals surface area contributed by atoms with Crippen LogP contribution in [0, 0.1) is 23.7 Å². The van der Waals surface area contributed by atoms with Gasteiger partial charge in [-0.2, -0.15) is 4.90 Å². The topological polar surface area (TPSA) is 113 Å². The van der Waals surface area contributed by atoms with E-state index in [1.807, 2.05) is 6.92 Å². The molecule has 8 nitrogen and oxygen atoms in total. The average molecular weight is 468 g/mol. The van der Waals surface area contributed by atoms with E-state index in [1.54, 1.807) is 12.1 Å². The Labute approximate surface area is 175 Å².